The van der Waals surface area contributed by atoms with Crippen molar-refractivity contribution in [2.75, 3.05) is 36.5 Å². The predicted molar refractivity (Wildman–Crippen MR) is 124 cm³/mol. The van der Waals surface area contributed by atoms with Gasteiger partial charge in [0.1, 0.15) is 6.04 Å². The van der Waals surface area contributed by atoms with Crippen molar-refractivity contribution in [3.63, 3.8) is 0 Å². The van der Waals surface area contributed by atoms with Crippen LogP contribution in [0.25, 0.3) is 0 Å². The van der Waals surface area contributed by atoms with Gasteiger partial charge in [0.15, 0.2) is 0 Å². The van der Waals surface area contributed by atoms with Gasteiger partial charge >= 0.3 is 6.18 Å². The minimum Gasteiger partial charge on any atom is -0.378 e. The molecule has 35 heavy (non-hydrogen) atoms. The highest BCUT2D eigenvalue weighted by atomic mass is 19.4. The largest absolute Gasteiger partial charge is 0.416 e. The van der Waals surface area contributed by atoms with E-state index in [1.54, 1.807) is 0 Å². The summed E-state index contributed by atoms with van der Waals surface area (Å²) in [5.41, 5.74) is -0.454. The molecular weight excluding hydrogens is 463 g/mol. The molecule has 2 aliphatic heterocycles. The Kier molecular flexibility index (Phi) is 7.21. The number of rotatable bonds is 6. The third-order valence-electron chi connectivity index (χ3n) is 6.78. The van der Waals surface area contributed by atoms with Gasteiger partial charge in [-0.25, -0.2) is 0 Å². The maximum Gasteiger partial charge on any atom is 0.416 e. The SMILES string of the molecule is CC(C)CC(C(=O)Nc1cc(C(F)(F)F)ccc1N1CCOCC1)N1C(=O)C2CC=CCC2C1=O. The Morgan fingerprint density at radius 2 is 1.69 bits per heavy atom. The van der Waals surface area contributed by atoms with Crippen LogP contribution in [0.3, 0.4) is 0 Å². The number of hydrogen-bond donors (Lipinski definition) is 1. The molecule has 0 saturated carbocycles. The number of allylic oxidation sites excluding steroid dienone is 2. The number of fused-ring (bicyclic) bond motifs is 1. The fraction of sp³-hybridized carbons (Fsp3) is 0.560. The van der Waals surface area contributed by atoms with Gasteiger partial charge in [0.2, 0.25) is 17.7 Å². The maximum atomic E-state index is 13.5. The Balaban J connectivity index is 1.66. The molecule has 3 aliphatic rings. The smallest absolute Gasteiger partial charge is 0.378 e. The Morgan fingerprint density at radius 3 is 2.23 bits per heavy atom. The summed E-state index contributed by atoms with van der Waals surface area (Å²) in [6.07, 6.45) is 0.230. The summed E-state index contributed by atoms with van der Waals surface area (Å²) in [5, 5.41) is 2.64. The molecular formula is C25H30F3N3O4. The van der Waals surface area contributed by atoms with Gasteiger partial charge in [0.05, 0.1) is 42.0 Å². The van der Waals surface area contributed by atoms with Gasteiger partial charge in [-0.05, 0) is 43.4 Å². The third-order valence-corrected chi connectivity index (χ3v) is 6.78. The summed E-state index contributed by atoms with van der Waals surface area (Å²) in [7, 11) is 0. The molecule has 3 unspecified atom stereocenters. The molecule has 2 fully saturated rings. The molecule has 1 aromatic rings. The van der Waals surface area contributed by atoms with Crippen LogP contribution in [0.1, 0.15) is 38.7 Å². The van der Waals surface area contributed by atoms with E-state index in [9.17, 15) is 27.6 Å². The number of alkyl halides is 3. The molecule has 1 N–H and O–H groups in total. The second-order valence-corrected chi connectivity index (χ2v) is 9.67. The van der Waals surface area contributed by atoms with Gasteiger partial charge in [0, 0.05) is 13.1 Å². The molecule has 1 aromatic carbocycles. The standard InChI is InChI=1S/C25H30F3N3O4/c1-15(2)13-21(31-23(33)17-5-3-4-6-18(17)24(31)34)22(32)29-19-14-16(25(26,27)28)7-8-20(19)30-9-11-35-12-10-30/h3-4,7-8,14-15,17-18,21H,5-6,9-13H2,1-2H3,(H,29,32). The van der Waals surface area contributed by atoms with E-state index in [2.05, 4.69) is 5.32 Å². The summed E-state index contributed by atoms with van der Waals surface area (Å²) in [6, 6.07) is 2.13. The Hall–Kier alpha value is -2.88. The van der Waals surface area contributed by atoms with Crippen LogP contribution in [0, 0.1) is 17.8 Å². The van der Waals surface area contributed by atoms with Crippen LogP contribution < -0.4 is 10.2 Å². The van der Waals surface area contributed by atoms with Crippen molar-refractivity contribution in [2.24, 2.45) is 17.8 Å². The van der Waals surface area contributed by atoms with E-state index in [-0.39, 0.29) is 29.8 Å². The molecule has 1 aliphatic carbocycles. The van der Waals surface area contributed by atoms with Crippen LogP contribution in [0.2, 0.25) is 0 Å². The Labute approximate surface area is 202 Å². The third kappa shape index (κ3) is 5.22. The van der Waals surface area contributed by atoms with Crippen LogP contribution in [0.5, 0.6) is 0 Å². The van der Waals surface area contributed by atoms with Crippen LogP contribution >= 0.6 is 0 Å². The monoisotopic (exact) mass is 493 g/mol. The molecule has 190 valence electrons. The lowest BCUT2D eigenvalue weighted by atomic mass is 9.85. The zero-order valence-corrected chi connectivity index (χ0v) is 19.8. The van der Waals surface area contributed by atoms with Crippen LogP contribution in [0.4, 0.5) is 24.5 Å². The number of nitrogens with zero attached hydrogens (tertiary/aromatic N) is 2. The number of imide groups is 1. The summed E-state index contributed by atoms with van der Waals surface area (Å²) >= 11 is 0. The number of ether oxygens (including phenoxy) is 1. The molecule has 2 saturated heterocycles. The van der Waals surface area contributed by atoms with Crippen molar-refractivity contribution in [3.8, 4) is 0 Å². The second kappa shape index (κ2) is 10.0. The molecule has 0 aromatic heterocycles. The van der Waals surface area contributed by atoms with Crippen LogP contribution in [-0.4, -0.2) is 55.0 Å². The number of hydrogen-bond acceptors (Lipinski definition) is 5. The van der Waals surface area contributed by atoms with Crippen molar-refractivity contribution in [1.82, 2.24) is 4.90 Å². The van der Waals surface area contributed by atoms with Gasteiger partial charge < -0.3 is 15.0 Å². The number of carbonyl (C=O) groups excluding carboxylic acids is 3. The van der Waals surface area contributed by atoms with Crippen molar-refractivity contribution in [1.29, 1.82) is 0 Å². The summed E-state index contributed by atoms with van der Waals surface area (Å²) < 4.78 is 45.8. The van der Waals surface area contributed by atoms with E-state index in [1.807, 2.05) is 30.9 Å². The lowest BCUT2D eigenvalue weighted by molar-refractivity contribution is -0.147. The van der Waals surface area contributed by atoms with E-state index >= 15 is 0 Å². The molecule has 0 radical (unpaired) electrons. The predicted octanol–water partition coefficient (Wildman–Crippen LogP) is 3.85. The van der Waals surface area contributed by atoms with E-state index < -0.39 is 35.5 Å². The highest BCUT2D eigenvalue weighted by Gasteiger charge is 2.51. The normalized spacial score (nSPS) is 23.6. The van der Waals surface area contributed by atoms with Crippen LogP contribution in [0.15, 0.2) is 30.4 Å². The summed E-state index contributed by atoms with van der Waals surface area (Å²) in [6.45, 7) is 5.48. The lowest BCUT2D eigenvalue weighted by Crippen LogP contribution is -2.48. The van der Waals surface area contributed by atoms with Crippen molar-refractivity contribution < 1.29 is 32.3 Å². The van der Waals surface area contributed by atoms with Crippen molar-refractivity contribution in [3.05, 3.63) is 35.9 Å². The van der Waals surface area contributed by atoms with E-state index in [0.29, 0.717) is 44.8 Å². The van der Waals surface area contributed by atoms with Gasteiger partial charge in [-0.3, -0.25) is 19.3 Å². The summed E-state index contributed by atoms with van der Waals surface area (Å²) in [4.78, 5) is 42.7. The first kappa shape index (κ1) is 25.2. The zero-order valence-electron chi connectivity index (χ0n) is 19.8. The van der Waals surface area contributed by atoms with Gasteiger partial charge in [-0.2, -0.15) is 13.2 Å². The first-order valence-corrected chi connectivity index (χ1v) is 11.9. The molecule has 0 spiro atoms. The van der Waals surface area contributed by atoms with Crippen molar-refractivity contribution >= 4 is 29.1 Å². The molecule has 7 nitrogen and oxygen atoms in total. The molecule has 4 rings (SSSR count). The molecule has 10 heteroatoms. The van der Waals surface area contributed by atoms with Gasteiger partial charge in [0.25, 0.3) is 0 Å². The highest BCUT2D eigenvalue weighted by Crippen LogP contribution is 2.39. The molecule has 3 atom stereocenters. The van der Waals surface area contributed by atoms with Gasteiger partial charge in [-0.1, -0.05) is 26.0 Å². The van der Waals surface area contributed by atoms with E-state index in [1.165, 1.54) is 6.07 Å². The number of carbonyl (C=O) groups is 3. The topological polar surface area (TPSA) is 79.0 Å². The molecule has 2 heterocycles. The Bertz CT molecular complexity index is 992. The number of halogens is 3. The maximum absolute atomic E-state index is 13.5. The first-order valence-electron chi connectivity index (χ1n) is 11.9. The van der Waals surface area contributed by atoms with E-state index in [0.717, 1.165) is 17.0 Å². The minimum atomic E-state index is -4.59. The molecule has 0 bridgehead atoms. The first-order chi connectivity index (χ1) is 16.6. The fourth-order valence-electron chi connectivity index (χ4n) is 5.02. The number of morpholine rings is 1. The Morgan fingerprint density at radius 1 is 1.09 bits per heavy atom. The molecule has 3 amide bonds. The van der Waals surface area contributed by atoms with Gasteiger partial charge in [-0.15, -0.1) is 0 Å². The number of nitrogens with one attached hydrogen (secondary N) is 1. The average molecular weight is 494 g/mol. The lowest BCUT2D eigenvalue weighted by Gasteiger charge is -2.32. The fourth-order valence-corrected chi connectivity index (χ4v) is 5.02. The second-order valence-electron chi connectivity index (χ2n) is 9.67. The van der Waals surface area contributed by atoms with Crippen molar-refractivity contribution in [2.45, 2.75) is 45.3 Å². The highest BCUT2D eigenvalue weighted by molar-refractivity contribution is 6.10. The van der Waals surface area contributed by atoms with E-state index in [4.69, 9.17) is 4.74 Å². The zero-order chi connectivity index (χ0) is 25.3. The summed E-state index contributed by atoms with van der Waals surface area (Å²) in [5.74, 6) is -2.46. The number of benzene rings is 1. The number of likely N-dealkylation sites (tertiary alicyclic amines) is 1. The number of anilines is 2. The average Bonchev–Trinajstić information content (AvgIpc) is 3.07. The quantitative estimate of drug-likeness (QED) is 0.481. The minimum absolute atomic E-state index is 0.00124. The van der Waals surface area contributed by atoms with Crippen LogP contribution in [-0.2, 0) is 25.3 Å². The number of amides is 3.